The molecule has 0 aromatic carbocycles. The van der Waals surface area contributed by atoms with Crippen molar-refractivity contribution in [2.75, 3.05) is 13.2 Å². The first kappa shape index (κ1) is 16.2. The monoisotopic (exact) mass is 318 g/mol. The molecule has 1 aromatic heterocycles. The number of amides is 1. The van der Waals surface area contributed by atoms with Gasteiger partial charge >= 0.3 is 0 Å². The third-order valence-electron chi connectivity index (χ3n) is 4.95. The van der Waals surface area contributed by atoms with Crippen LogP contribution in [0.25, 0.3) is 0 Å². The Hall–Kier alpha value is -1.62. The molecule has 3 rings (SSSR count). The van der Waals surface area contributed by atoms with Crippen molar-refractivity contribution in [3.8, 4) is 5.88 Å². The Morgan fingerprint density at radius 3 is 2.87 bits per heavy atom. The van der Waals surface area contributed by atoms with Crippen LogP contribution < -0.4 is 10.5 Å². The van der Waals surface area contributed by atoms with Crippen molar-refractivity contribution in [1.82, 2.24) is 4.98 Å². The first-order valence-corrected chi connectivity index (χ1v) is 8.73. The van der Waals surface area contributed by atoms with Gasteiger partial charge in [-0.25, -0.2) is 4.98 Å². The van der Waals surface area contributed by atoms with Crippen LogP contribution in [-0.2, 0) is 9.53 Å². The molecule has 2 atom stereocenters. The van der Waals surface area contributed by atoms with E-state index in [2.05, 4.69) is 4.98 Å². The largest absolute Gasteiger partial charge is 0.477 e. The number of aromatic nitrogens is 1. The van der Waals surface area contributed by atoms with E-state index in [9.17, 15) is 4.79 Å². The molecule has 2 heterocycles. The molecule has 1 aromatic rings. The summed E-state index contributed by atoms with van der Waals surface area (Å²) in [5.74, 6) is 0.933. The van der Waals surface area contributed by atoms with Gasteiger partial charge in [0.2, 0.25) is 11.8 Å². The van der Waals surface area contributed by atoms with E-state index in [4.69, 9.17) is 15.2 Å². The Morgan fingerprint density at radius 1 is 1.26 bits per heavy atom. The summed E-state index contributed by atoms with van der Waals surface area (Å²) in [4.78, 5) is 16.0. The minimum atomic E-state index is -0.247. The van der Waals surface area contributed by atoms with Gasteiger partial charge < -0.3 is 15.2 Å². The molecular weight excluding hydrogens is 292 g/mol. The van der Waals surface area contributed by atoms with Gasteiger partial charge in [0, 0.05) is 18.6 Å². The lowest BCUT2D eigenvalue weighted by Crippen LogP contribution is -2.31. The molecule has 5 heteroatoms. The van der Waals surface area contributed by atoms with Gasteiger partial charge in [0.1, 0.15) is 6.10 Å². The van der Waals surface area contributed by atoms with Crippen LogP contribution in [0.2, 0.25) is 0 Å². The molecular formula is C18H26N2O3. The second-order valence-corrected chi connectivity index (χ2v) is 6.70. The van der Waals surface area contributed by atoms with Crippen LogP contribution in [-0.4, -0.2) is 24.1 Å². The fraction of sp³-hybridized carbons (Fsp3) is 0.667. The molecule has 2 N–H and O–H groups in total. The molecule has 1 saturated carbocycles. The predicted octanol–water partition coefficient (Wildman–Crippen LogP) is 2.99. The summed E-state index contributed by atoms with van der Waals surface area (Å²) in [5.41, 5.74) is 6.26. The summed E-state index contributed by atoms with van der Waals surface area (Å²) < 4.78 is 11.7. The van der Waals surface area contributed by atoms with Gasteiger partial charge in [-0.15, -0.1) is 0 Å². The Labute approximate surface area is 137 Å². The molecule has 0 bridgehead atoms. The molecule has 1 aliphatic heterocycles. The number of carbonyl (C=O) groups is 1. The summed E-state index contributed by atoms with van der Waals surface area (Å²) in [6.45, 7) is 1.29. The van der Waals surface area contributed by atoms with E-state index in [1.807, 2.05) is 18.2 Å². The first-order valence-electron chi connectivity index (χ1n) is 8.73. The van der Waals surface area contributed by atoms with E-state index in [0.29, 0.717) is 31.2 Å². The molecule has 23 heavy (non-hydrogen) atoms. The maximum atomic E-state index is 11.4. The Morgan fingerprint density at radius 2 is 2.09 bits per heavy atom. The minimum Gasteiger partial charge on any atom is -0.477 e. The molecule has 1 saturated heterocycles. The van der Waals surface area contributed by atoms with Gasteiger partial charge in [-0.2, -0.15) is 0 Å². The predicted molar refractivity (Wildman–Crippen MR) is 86.9 cm³/mol. The van der Waals surface area contributed by atoms with Crippen molar-refractivity contribution in [3.05, 3.63) is 23.9 Å². The molecule has 5 nitrogen and oxygen atoms in total. The number of pyridine rings is 1. The van der Waals surface area contributed by atoms with E-state index in [-0.39, 0.29) is 17.9 Å². The van der Waals surface area contributed by atoms with Crippen molar-refractivity contribution < 1.29 is 14.3 Å². The Kier molecular flexibility index (Phi) is 5.49. The number of ether oxygens (including phenoxy) is 2. The molecule has 2 unspecified atom stereocenters. The molecule has 1 aliphatic carbocycles. The van der Waals surface area contributed by atoms with E-state index in [1.165, 1.54) is 32.1 Å². The zero-order valence-corrected chi connectivity index (χ0v) is 13.6. The highest BCUT2D eigenvalue weighted by Gasteiger charge is 2.28. The molecule has 2 fully saturated rings. The van der Waals surface area contributed by atoms with Crippen molar-refractivity contribution in [3.63, 3.8) is 0 Å². The molecule has 0 spiro atoms. The number of hydrogen-bond donors (Lipinski definition) is 1. The zero-order chi connectivity index (χ0) is 16.1. The molecule has 0 radical (unpaired) electrons. The van der Waals surface area contributed by atoms with Crippen LogP contribution in [0.4, 0.5) is 0 Å². The van der Waals surface area contributed by atoms with Crippen molar-refractivity contribution in [2.24, 2.45) is 17.6 Å². The number of hydrogen-bond acceptors (Lipinski definition) is 4. The topological polar surface area (TPSA) is 74.4 Å². The lowest BCUT2D eigenvalue weighted by molar-refractivity contribution is -0.127. The number of rotatable bonds is 5. The Balaban J connectivity index is 1.59. The summed E-state index contributed by atoms with van der Waals surface area (Å²) >= 11 is 0. The van der Waals surface area contributed by atoms with Gasteiger partial charge in [-0.1, -0.05) is 25.3 Å². The van der Waals surface area contributed by atoms with E-state index < -0.39 is 0 Å². The average molecular weight is 318 g/mol. The van der Waals surface area contributed by atoms with E-state index in [1.54, 1.807) is 0 Å². The standard InChI is InChI=1S/C18H26N2O3/c19-18(21)14-9-10-22-16(11-14)15-7-4-8-17(20-15)23-12-13-5-2-1-3-6-13/h4,7-8,13-14,16H,1-3,5-6,9-12H2,(H2,19,21). The van der Waals surface area contributed by atoms with Gasteiger partial charge in [-0.3, -0.25) is 4.79 Å². The number of carbonyl (C=O) groups excluding carboxylic acids is 1. The van der Waals surface area contributed by atoms with Crippen LogP contribution in [0, 0.1) is 11.8 Å². The zero-order valence-electron chi connectivity index (χ0n) is 13.6. The fourth-order valence-corrected chi connectivity index (χ4v) is 3.51. The normalized spacial score (nSPS) is 25.9. The lowest BCUT2D eigenvalue weighted by atomic mass is 9.90. The first-order chi connectivity index (χ1) is 11.2. The summed E-state index contributed by atoms with van der Waals surface area (Å²) in [6, 6.07) is 5.76. The van der Waals surface area contributed by atoms with Crippen LogP contribution >= 0.6 is 0 Å². The fourth-order valence-electron chi connectivity index (χ4n) is 3.51. The third kappa shape index (κ3) is 4.44. The SMILES string of the molecule is NC(=O)C1CCOC(c2cccc(OCC3CCCCC3)n2)C1. The van der Waals surface area contributed by atoms with Crippen LogP contribution in [0.1, 0.15) is 56.7 Å². The van der Waals surface area contributed by atoms with Gasteiger partial charge in [0.05, 0.1) is 12.3 Å². The van der Waals surface area contributed by atoms with E-state index >= 15 is 0 Å². The van der Waals surface area contributed by atoms with E-state index in [0.717, 1.165) is 12.3 Å². The average Bonchev–Trinajstić information content (AvgIpc) is 2.61. The summed E-state index contributed by atoms with van der Waals surface area (Å²) in [6.07, 6.45) is 7.62. The number of nitrogens with zero attached hydrogens (tertiary/aromatic N) is 1. The number of primary amides is 1. The molecule has 1 amide bonds. The van der Waals surface area contributed by atoms with Gasteiger partial charge in [0.15, 0.2) is 0 Å². The molecule has 2 aliphatic rings. The molecule has 126 valence electrons. The Bertz CT molecular complexity index is 529. The number of nitrogens with two attached hydrogens (primary N) is 1. The van der Waals surface area contributed by atoms with Crippen molar-refractivity contribution in [1.29, 1.82) is 0 Å². The smallest absolute Gasteiger partial charge is 0.220 e. The van der Waals surface area contributed by atoms with Crippen LogP contribution in [0.15, 0.2) is 18.2 Å². The quantitative estimate of drug-likeness (QED) is 0.905. The van der Waals surface area contributed by atoms with Crippen molar-refractivity contribution in [2.45, 2.75) is 51.0 Å². The third-order valence-corrected chi connectivity index (χ3v) is 4.95. The second-order valence-electron chi connectivity index (χ2n) is 6.70. The second kappa shape index (κ2) is 7.77. The highest BCUT2D eigenvalue weighted by atomic mass is 16.5. The van der Waals surface area contributed by atoms with Crippen LogP contribution in [0.5, 0.6) is 5.88 Å². The van der Waals surface area contributed by atoms with Gasteiger partial charge in [0.25, 0.3) is 0 Å². The minimum absolute atomic E-state index is 0.123. The summed E-state index contributed by atoms with van der Waals surface area (Å²) in [7, 11) is 0. The van der Waals surface area contributed by atoms with Crippen LogP contribution in [0.3, 0.4) is 0 Å². The highest BCUT2D eigenvalue weighted by Crippen LogP contribution is 2.31. The maximum absolute atomic E-state index is 11.4. The summed E-state index contributed by atoms with van der Waals surface area (Å²) in [5, 5.41) is 0. The van der Waals surface area contributed by atoms with Crippen molar-refractivity contribution >= 4 is 5.91 Å². The maximum Gasteiger partial charge on any atom is 0.220 e. The highest BCUT2D eigenvalue weighted by molar-refractivity contribution is 5.76. The van der Waals surface area contributed by atoms with Gasteiger partial charge in [-0.05, 0) is 37.7 Å². The lowest BCUT2D eigenvalue weighted by Gasteiger charge is -2.27.